The van der Waals surface area contributed by atoms with Crippen LogP contribution in [-0.2, 0) is 9.47 Å². The van der Waals surface area contributed by atoms with Crippen molar-refractivity contribution in [2.24, 2.45) is 0 Å². The number of hydrogen-bond donors (Lipinski definition) is 0. The Morgan fingerprint density at radius 2 is 1.93 bits per heavy atom. The van der Waals surface area contributed by atoms with Crippen molar-refractivity contribution >= 4 is 0 Å². The molecule has 15 heavy (non-hydrogen) atoms. The maximum atomic E-state index is 5.47. The van der Waals surface area contributed by atoms with Crippen LogP contribution < -0.4 is 4.74 Å². The van der Waals surface area contributed by atoms with Crippen LogP contribution in [0.5, 0.6) is 5.75 Å². The van der Waals surface area contributed by atoms with E-state index < -0.39 is 0 Å². The van der Waals surface area contributed by atoms with E-state index in [0.29, 0.717) is 5.92 Å². The van der Waals surface area contributed by atoms with Gasteiger partial charge in [-0.05, 0) is 17.7 Å². The van der Waals surface area contributed by atoms with Gasteiger partial charge in [0.2, 0.25) is 0 Å². The summed E-state index contributed by atoms with van der Waals surface area (Å²) in [6.07, 6.45) is 0.889. The summed E-state index contributed by atoms with van der Waals surface area (Å²) in [5.41, 5.74) is 1.29. The molecular weight excluding hydrogens is 192 g/mol. The van der Waals surface area contributed by atoms with Gasteiger partial charge < -0.3 is 14.2 Å². The van der Waals surface area contributed by atoms with Gasteiger partial charge in [0, 0.05) is 19.4 Å². The van der Waals surface area contributed by atoms with Crippen molar-refractivity contribution in [2.75, 3.05) is 20.8 Å². The van der Waals surface area contributed by atoms with E-state index in [2.05, 4.69) is 12.1 Å². The maximum absolute atomic E-state index is 5.47. The lowest BCUT2D eigenvalue weighted by atomic mass is 9.98. The molecule has 1 aromatic carbocycles. The fraction of sp³-hybridized carbons (Fsp3) is 0.500. The Bertz CT molecular complexity index is 307. The Labute approximate surface area is 90.0 Å². The fourth-order valence-electron chi connectivity index (χ4n) is 1.86. The van der Waals surface area contributed by atoms with Crippen molar-refractivity contribution in [1.29, 1.82) is 0 Å². The minimum absolute atomic E-state index is 0.0444. The van der Waals surface area contributed by atoms with Gasteiger partial charge in [0.1, 0.15) is 5.75 Å². The van der Waals surface area contributed by atoms with Crippen LogP contribution in [0.4, 0.5) is 0 Å². The summed E-state index contributed by atoms with van der Waals surface area (Å²) in [7, 11) is 3.36. The minimum Gasteiger partial charge on any atom is -0.497 e. The average Bonchev–Trinajstić information content (AvgIpc) is 2.78. The third kappa shape index (κ3) is 2.30. The summed E-state index contributed by atoms with van der Waals surface area (Å²) in [4.78, 5) is 0. The lowest BCUT2D eigenvalue weighted by Crippen LogP contribution is -2.06. The normalized spacial score (nSPS) is 25.5. The highest BCUT2D eigenvalue weighted by Gasteiger charge is 2.26. The largest absolute Gasteiger partial charge is 0.497 e. The van der Waals surface area contributed by atoms with Crippen molar-refractivity contribution in [3.63, 3.8) is 0 Å². The molecule has 0 amide bonds. The number of rotatable bonds is 3. The summed E-state index contributed by atoms with van der Waals surface area (Å²) in [6.45, 7) is 0.741. The molecule has 0 bridgehead atoms. The molecule has 0 radical (unpaired) electrons. The monoisotopic (exact) mass is 208 g/mol. The first-order valence-corrected chi connectivity index (χ1v) is 5.12. The van der Waals surface area contributed by atoms with Crippen molar-refractivity contribution in [3.05, 3.63) is 29.8 Å². The molecule has 0 aliphatic carbocycles. The third-order valence-electron chi connectivity index (χ3n) is 2.81. The molecular formula is C12H16O3. The molecule has 1 aliphatic rings. The van der Waals surface area contributed by atoms with Crippen LogP contribution in [0.15, 0.2) is 24.3 Å². The van der Waals surface area contributed by atoms with Crippen LogP contribution in [0.3, 0.4) is 0 Å². The fourth-order valence-corrected chi connectivity index (χ4v) is 1.86. The highest BCUT2D eigenvalue weighted by molar-refractivity contribution is 5.29. The Morgan fingerprint density at radius 3 is 2.47 bits per heavy atom. The van der Waals surface area contributed by atoms with E-state index in [1.807, 2.05) is 12.1 Å². The summed E-state index contributed by atoms with van der Waals surface area (Å²) >= 11 is 0. The Kier molecular flexibility index (Phi) is 3.23. The predicted octanol–water partition coefficient (Wildman–Crippen LogP) is 2.17. The van der Waals surface area contributed by atoms with E-state index in [1.54, 1.807) is 14.2 Å². The molecule has 1 aromatic rings. The van der Waals surface area contributed by atoms with Crippen molar-refractivity contribution < 1.29 is 14.2 Å². The third-order valence-corrected chi connectivity index (χ3v) is 2.81. The zero-order valence-electron chi connectivity index (χ0n) is 9.10. The van der Waals surface area contributed by atoms with Crippen molar-refractivity contribution in [1.82, 2.24) is 0 Å². The quantitative estimate of drug-likeness (QED) is 0.762. The van der Waals surface area contributed by atoms with Crippen molar-refractivity contribution in [3.8, 4) is 5.75 Å². The lowest BCUT2D eigenvalue weighted by molar-refractivity contribution is -0.0880. The number of benzene rings is 1. The maximum Gasteiger partial charge on any atom is 0.157 e. The van der Waals surface area contributed by atoms with E-state index in [-0.39, 0.29) is 6.29 Å². The second kappa shape index (κ2) is 4.64. The first kappa shape index (κ1) is 10.5. The van der Waals surface area contributed by atoms with E-state index in [1.165, 1.54) is 5.56 Å². The van der Waals surface area contributed by atoms with Gasteiger partial charge in [-0.15, -0.1) is 0 Å². The molecule has 2 unspecified atom stereocenters. The molecule has 3 heteroatoms. The molecule has 1 saturated heterocycles. The van der Waals surface area contributed by atoms with E-state index in [0.717, 1.165) is 18.8 Å². The highest BCUT2D eigenvalue weighted by atomic mass is 16.7. The van der Waals surface area contributed by atoms with Gasteiger partial charge in [0.05, 0.1) is 13.7 Å². The zero-order chi connectivity index (χ0) is 10.7. The van der Waals surface area contributed by atoms with E-state index in [9.17, 15) is 0 Å². The van der Waals surface area contributed by atoms with Crippen LogP contribution >= 0.6 is 0 Å². The number of ether oxygens (including phenoxy) is 3. The van der Waals surface area contributed by atoms with Gasteiger partial charge in [-0.2, -0.15) is 0 Å². The molecule has 2 rings (SSSR count). The smallest absolute Gasteiger partial charge is 0.157 e. The van der Waals surface area contributed by atoms with Crippen LogP contribution in [0, 0.1) is 0 Å². The molecule has 0 spiro atoms. The molecule has 0 saturated carbocycles. The molecule has 0 N–H and O–H groups in total. The first-order valence-electron chi connectivity index (χ1n) is 5.12. The summed E-state index contributed by atoms with van der Waals surface area (Å²) in [6, 6.07) is 8.14. The first-order chi connectivity index (χ1) is 7.33. The Balaban J connectivity index is 2.04. The van der Waals surface area contributed by atoms with Crippen LogP contribution in [0.1, 0.15) is 17.9 Å². The molecule has 2 atom stereocenters. The predicted molar refractivity (Wildman–Crippen MR) is 57.1 cm³/mol. The van der Waals surface area contributed by atoms with Gasteiger partial charge in [0.25, 0.3) is 0 Å². The molecule has 1 fully saturated rings. The molecule has 3 nitrogen and oxygen atoms in total. The van der Waals surface area contributed by atoms with Gasteiger partial charge >= 0.3 is 0 Å². The second-order valence-corrected chi connectivity index (χ2v) is 3.70. The van der Waals surface area contributed by atoms with Gasteiger partial charge in [-0.25, -0.2) is 0 Å². The van der Waals surface area contributed by atoms with Gasteiger partial charge in [-0.1, -0.05) is 12.1 Å². The molecule has 1 aliphatic heterocycles. The summed E-state index contributed by atoms with van der Waals surface area (Å²) in [5, 5.41) is 0. The average molecular weight is 208 g/mol. The number of methoxy groups -OCH3 is 2. The van der Waals surface area contributed by atoms with E-state index >= 15 is 0 Å². The minimum atomic E-state index is -0.0444. The standard InChI is InChI=1S/C12H16O3/c1-13-11-5-3-9(4-6-11)10-7-12(14-2)15-8-10/h3-6,10,12H,7-8H2,1-2H3. The van der Waals surface area contributed by atoms with Crippen LogP contribution in [0.2, 0.25) is 0 Å². The zero-order valence-corrected chi connectivity index (χ0v) is 9.10. The second-order valence-electron chi connectivity index (χ2n) is 3.70. The highest BCUT2D eigenvalue weighted by Crippen LogP contribution is 2.30. The molecule has 1 heterocycles. The Morgan fingerprint density at radius 1 is 1.20 bits per heavy atom. The Hall–Kier alpha value is -1.06. The lowest BCUT2D eigenvalue weighted by Gasteiger charge is -2.08. The van der Waals surface area contributed by atoms with Gasteiger partial charge in [0.15, 0.2) is 6.29 Å². The van der Waals surface area contributed by atoms with E-state index in [4.69, 9.17) is 14.2 Å². The summed E-state index contributed by atoms with van der Waals surface area (Å²) < 4.78 is 15.8. The SMILES string of the molecule is COc1ccc(C2COC(OC)C2)cc1. The molecule has 82 valence electrons. The van der Waals surface area contributed by atoms with Crippen LogP contribution in [-0.4, -0.2) is 27.1 Å². The topological polar surface area (TPSA) is 27.7 Å². The van der Waals surface area contributed by atoms with Crippen LogP contribution in [0.25, 0.3) is 0 Å². The van der Waals surface area contributed by atoms with Gasteiger partial charge in [-0.3, -0.25) is 0 Å². The number of hydrogen-bond acceptors (Lipinski definition) is 3. The molecule has 0 aromatic heterocycles. The summed E-state index contributed by atoms with van der Waals surface area (Å²) in [5.74, 6) is 1.34. The van der Waals surface area contributed by atoms with Crippen molar-refractivity contribution in [2.45, 2.75) is 18.6 Å².